The van der Waals surface area contributed by atoms with Gasteiger partial charge in [0, 0.05) is 24.9 Å². The van der Waals surface area contributed by atoms with Gasteiger partial charge in [-0.1, -0.05) is 0 Å². The maximum atomic E-state index is 11.3. The van der Waals surface area contributed by atoms with Crippen LogP contribution in [0.1, 0.15) is 24.1 Å². The van der Waals surface area contributed by atoms with E-state index in [4.69, 9.17) is 4.74 Å². The predicted molar refractivity (Wildman–Crippen MR) is 52.4 cm³/mol. The quantitative estimate of drug-likeness (QED) is 0.784. The second kappa shape index (κ2) is 3.34. The van der Waals surface area contributed by atoms with Crippen molar-refractivity contribution in [1.29, 1.82) is 0 Å². The molecule has 1 saturated heterocycles. The van der Waals surface area contributed by atoms with Gasteiger partial charge in [-0.15, -0.1) is 0 Å². The van der Waals surface area contributed by atoms with E-state index in [0.29, 0.717) is 18.6 Å². The Balaban J connectivity index is 2.50. The van der Waals surface area contributed by atoms with Gasteiger partial charge in [0.25, 0.3) is 0 Å². The number of rotatable bonds is 2. The summed E-state index contributed by atoms with van der Waals surface area (Å²) in [7, 11) is 1.79. The Morgan fingerprint density at radius 1 is 1.73 bits per heavy atom. The summed E-state index contributed by atoms with van der Waals surface area (Å²) in [5.41, 5.74) is 0.354. The number of carboxylic acid groups (broad SMARTS) is 1. The average molecular weight is 210 g/mol. The molecule has 5 nitrogen and oxygen atoms in total. The van der Waals surface area contributed by atoms with Gasteiger partial charge in [0.05, 0.1) is 6.20 Å². The normalized spacial score (nSPS) is 25.7. The molecule has 0 spiro atoms. The third-order valence-corrected chi connectivity index (χ3v) is 3.04. The molecule has 0 bridgehead atoms. The van der Waals surface area contributed by atoms with Crippen molar-refractivity contribution in [1.82, 2.24) is 9.78 Å². The number of carbonyl (C=O) groups is 1. The molecule has 1 N–H and O–H groups in total. The Morgan fingerprint density at radius 3 is 2.87 bits per heavy atom. The van der Waals surface area contributed by atoms with E-state index in [2.05, 4.69) is 5.10 Å². The summed E-state index contributed by atoms with van der Waals surface area (Å²) < 4.78 is 7.10. The highest BCUT2D eigenvalue weighted by atomic mass is 16.5. The van der Waals surface area contributed by atoms with Crippen LogP contribution in [0.4, 0.5) is 0 Å². The average Bonchev–Trinajstić information content (AvgIpc) is 2.77. The summed E-state index contributed by atoms with van der Waals surface area (Å²) >= 11 is 0. The van der Waals surface area contributed by atoms with Crippen LogP contribution in [0.3, 0.4) is 0 Å². The van der Waals surface area contributed by atoms with Crippen LogP contribution in [-0.2, 0) is 22.2 Å². The minimum absolute atomic E-state index is 0.501. The smallest absolute Gasteiger partial charge is 0.340 e. The first-order valence-electron chi connectivity index (χ1n) is 4.94. The summed E-state index contributed by atoms with van der Waals surface area (Å²) in [6, 6.07) is 0. The maximum Gasteiger partial charge on any atom is 0.340 e. The summed E-state index contributed by atoms with van der Waals surface area (Å²) in [4.78, 5) is 11.3. The van der Waals surface area contributed by atoms with E-state index in [-0.39, 0.29) is 0 Å². The predicted octanol–water partition coefficient (Wildman–Crippen LogP) is 0.819. The zero-order chi connectivity index (χ0) is 11.1. The van der Waals surface area contributed by atoms with E-state index < -0.39 is 11.6 Å². The Labute approximate surface area is 87.7 Å². The molecular formula is C10H14N2O3. The highest BCUT2D eigenvalue weighted by molar-refractivity contribution is 5.80. The lowest BCUT2D eigenvalue weighted by atomic mass is 9.91. The Kier molecular flexibility index (Phi) is 2.26. The summed E-state index contributed by atoms with van der Waals surface area (Å²) in [6.45, 7) is 2.36. The van der Waals surface area contributed by atoms with E-state index in [0.717, 1.165) is 12.1 Å². The van der Waals surface area contributed by atoms with E-state index in [1.165, 1.54) is 0 Å². The number of hydrogen-bond acceptors (Lipinski definition) is 3. The largest absolute Gasteiger partial charge is 0.479 e. The van der Waals surface area contributed by atoms with Crippen molar-refractivity contribution in [3.63, 3.8) is 0 Å². The fourth-order valence-electron chi connectivity index (χ4n) is 2.03. The number of aliphatic carboxylic acids is 1. The Bertz CT molecular complexity index is 391. The van der Waals surface area contributed by atoms with Gasteiger partial charge in [-0.25, -0.2) is 4.79 Å². The van der Waals surface area contributed by atoms with Crippen LogP contribution in [0.15, 0.2) is 6.20 Å². The molecule has 1 aromatic heterocycles. The van der Waals surface area contributed by atoms with Crippen LogP contribution in [0.25, 0.3) is 0 Å². The van der Waals surface area contributed by atoms with Crippen molar-refractivity contribution in [2.24, 2.45) is 7.05 Å². The summed E-state index contributed by atoms with van der Waals surface area (Å²) in [5, 5.41) is 13.4. The third-order valence-electron chi connectivity index (χ3n) is 3.04. The van der Waals surface area contributed by atoms with Crippen molar-refractivity contribution >= 4 is 5.97 Å². The number of ether oxygens (including phenoxy) is 1. The fourth-order valence-corrected chi connectivity index (χ4v) is 2.03. The molecule has 0 amide bonds. The van der Waals surface area contributed by atoms with Crippen molar-refractivity contribution < 1.29 is 14.6 Å². The first-order valence-corrected chi connectivity index (χ1v) is 4.94. The molecule has 1 atom stereocenters. The van der Waals surface area contributed by atoms with E-state index >= 15 is 0 Å². The molecular weight excluding hydrogens is 196 g/mol. The Morgan fingerprint density at radius 2 is 2.47 bits per heavy atom. The van der Waals surface area contributed by atoms with Crippen LogP contribution in [0.2, 0.25) is 0 Å². The van der Waals surface area contributed by atoms with Gasteiger partial charge in [-0.05, 0) is 19.8 Å². The summed E-state index contributed by atoms with van der Waals surface area (Å²) in [5.74, 6) is -0.920. The molecule has 15 heavy (non-hydrogen) atoms. The lowest BCUT2D eigenvalue weighted by molar-refractivity contribution is -0.161. The monoisotopic (exact) mass is 210 g/mol. The third kappa shape index (κ3) is 1.34. The van der Waals surface area contributed by atoms with E-state index in [9.17, 15) is 9.90 Å². The zero-order valence-corrected chi connectivity index (χ0v) is 8.86. The number of aryl methyl sites for hydroxylation is 1. The number of carboxylic acids is 1. The SMILES string of the molecule is Cc1c(C2(C(=O)O)CCCO2)cnn1C. The lowest BCUT2D eigenvalue weighted by Gasteiger charge is -2.22. The van der Waals surface area contributed by atoms with Gasteiger partial charge >= 0.3 is 5.97 Å². The topological polar surface area (TPSA) is 64.3 Å². The zero-order valence-electron chi connectivity index (χ0n) is 8.86. The second-order valence-electron chi connectivity index (χ2n) is 3.85. The molecule has 5 heteroatoms. The van der Waals surface area contributed by atoms with Gasteiger partial charge in [0.2, 0.25) is 0 Å². The summed E-state index contributed by atoms with van der Waals surface area (Å²) in [6.07, 6.45) is 2.89. The lowest BCUT2D eigenvalue weighted by Crippen LogP contribution is -2.35. The fraction of sp³-hybridized carbons (Fsp3) is 0.600. The minimum atomic E-state index is -1.17. The molecule has 0 radical (unpaired) electrons. The van der Waals surface area contributed by atoms with Crippen LogP contribution in [-0.4, -0.2) is 27.5 Å². The molecule has 0 aromatic carbocycles. The molecule has 1 aliphatic rings. The van der Waals surface area contributed by atoms with Crippen molar-refractivity contribution in [2.45, 2.75) is 25.4 Å². The molecule has 2 rings (SSSR count). The number of hydrogen-bond donors (Lipinski definition) is 1. The van der Waals surface area contributed by atoms with Gasteiger partial charge in [0.15, 0.2) is 5.60 Å². The van der Waals surface area contributed by atoms with Crippen molar-refractivity contribution in [3.05, 3.63) is 17.5 Å². The Hall–Kier alpha value is -1.36. The van der Waals surface area contributed by atoms with Crippen LogP contribution >= 0.6 is 0 Å². The number of nitrogens with zero attached hydrogens (tertiary/aromatic N) is 2. The molecule has 1 unspecified atom stereocenters. The first-order chi connectivity index (χ1) is 7.08. The highest BCUT2D eigenvalue weighted by Crippen LogP contribution is 2.37. The number of aromatic nitrogens is 2. The van der Waals surface area contributed by atoms with Crippen molar-refractivity contribution in [2.75, 3.05) is 6.61 Å². The minimum Gasteiger partial charge on any atom is -0.479 e. The maximum absolute atomic E-state index is 11.3. The van der Waals surface area contributed by atoms with Gasteiger partial charge in [-0.3, -0.25) is 4.68 Å². The molecule has 0 saturated carbocycles. The van der Waals surface area contributed by atoms with Gasteiger partial charge in [0.1, 0.15) is 0 Å². The van der Waals surface area contributed by atoms with E-state index in [1.54, 1.807) is 17.9 Å². The highest BCUT2D eigenvalue weighted by Gasteiger charge is 2.46. The van der Waals surface area contributed by atoms with Crippen LogP contribution < -0.4 is 0 Å². The van der Waals surface area contributed by atoms with Gasteiger partial charge < -0.3 is 9.84 Å². The molecule has 82 valence electrons. The van der Waals surface area contributed by atoms with Gasteiger partial charge in [-0.2, -0.15) is 5.10 Å². The van der Waals surface area contributed by atoms with E-state index in [1.807, 2.05) is 6.92 Å². The molecule has 1 fully saturated rings. The standard InChI is InChI=1S/C10H14N2O3/c1-7-8(6-11-12(7)2)10(9(13)14)4-3-5-15-10/h6H,3-5H2,1-2H3,(H,13,14). The second-order valence-corrected chi connectivity index (χ2v) is 3.85. The van der Waals surface area contributed by atoms with Crippen molar-refractivity contribution in [3.8, 4) is 0 Å². The first kappa shape index (κ1) is 10.2. The van der Waals surface area contributed by atoms with Crippen LogP contribution in [0.5, 0.6) is 0 Å². The molecule has 1 aromatic rings. The van der Waals surface area contributed by atoms with Crippen LogP contribution in [0, 0.1) is 6.92 Å². The molecule has 1 aliphatic heterocycles. The molecule has 0 aliphatic carbocycles. The molecule has 2 heterocycles.